The molecule has 2 aromatic carbocycles. The van der Waals surface area contributed by atoms with Gasteiger partial charge in [-0.3, -0.25) is 4.79 Å². The van der Waals surface area contributed by atoms with E-state index in [0.717, 1.165) is 10.4 Å². The molecule has 110 valence electrons. The molecule has 1 aromatic heterocycles. The number of carbonyl (C=O) groups is 1. The first-order valence-electron chi connectivity index (χ1n) is 6.89. The first kappa shape index (κ1) is 14.5. The minimum Gasteiger partial charge on any atom is -0.340 e. The van der Waals surface area contributed by atoms with Gasteiger partial charge in [0.15, 0.2) is 0 Å². The number of amides is 1. The number of thiophene rings is 1. The fourth-order valence-corrected chi connectivity index (χ4v) is 3.07. The third-order valence-corrected chi connectivity index (χ3v) is 4.26. The Bertz CT molecular complexity index is 756. The van der Waals surface area contributed by atoms with Crippen molar-refractivity contribution in [1.82, 2.24) is 5.32 Å². The molecule has 0 radical (unpaired) electrons. The third-order valence-electron chi connectivity index (χ3n) is 3.32. The summed E-state index contributed by atoms with van der Waals surface area (Å²) in [6, 6.07) is 19.1. The SMILES string of the molecule is O=C(N[C@H](c1ccccc1)c1cccs1)c1cccc(F)c1. The Balaban J connectivity index is 1.89. The van der Waals surface area contributed by atoms with Crippen molar-refractivity contribution in [2.45, 2.75) is 6.04 Å². The van der Waals surface area contributed by atoms with E-state index in [1.54, 1.807) is 17.4 Å². The molecule has 1 atom stereocenters. The highest BCUT2D eigenvalue weighted by Crippen LogP contribution is 2.26. The maximum Gasteiger partial charge on any atom is 0.252 e. The fraction of sp³-hybridized carbons (Fsp3) is 0.0556. The van der Waals surface area contributed by atoms with Gasteiger partial charge in [-0.15, -0.1) is 11.3 Å². The number of halogens is 1. The molecular weight excluding hydrogens is 297 g/mol. The Labute approximate surface area is 132 Å². The van der Waals surface area contributed by atoms with Crippen LogP contribution in [0.4, 0.5) is 4.39 Å². The molecular formula is C18H14FNOS. The molecule has 0 saturated carbocycles. The number of nitrogens with one attached hydrogen (secondary N) is 1. The number of rotatable bonds is 4. The van der Waals surface area contributed by atoms with Crippen LogP contribution in [0.1, 0.15) is 26.8 Å². The highest BCUT2D eigenvalue weighted by atomic mass is 32.1. The van der Waals surface area contributed by atoms with Gasteiger partial charge < -0.3 is 5.32 Å². The average molecular weight is 311 g/mol. The zero-order chi connectivity index (χ0) is 15.4. The zero-order valence-corrected chi connectivity index (χ0v) is 12.5. The lowest BCUT2D eigenvalue weighted by Gasteiger charge is -2.18. The average Bonchev–Trinajstić information content (AvgIpc) is 3.07. The van der Waals surface area contributed by atoms with Crippen LogP contribution < -0.4 is 5.32 Å². The Hall–Kier alpha value is -2.46. The van der Waals surface area contributed by atoms with Crippen LogP contribution in [0.3, 0.4) is 0 Å². The van der Waals surface area contributed by atoms with Crippen LogP contribution in [0.5, 0.6) is 0 Å². The highest BCUT2D eigenvalue weighted by molar-refractivity contribution is 7.10. The van der Waals surface area contributed by atoms with Crippen LogP contribution in [-0.2, 0) is 0 Å². The van der Waals surface area contributed by atoms with Gasteiger partial charge in [0.05, 0.1) is 6.04 Å². The Morgan fingerprint density at radius 1 is 1.00 bits per heavy atom. The molecule has 3 aromatic rings. The van der Waals surface area contributed by atoms with Gasteiger partial charge in [0, 0.05) is 10.4 Å². The molecule has 1 amide bonds. The van der Waals surface area contributed by atoms with E-state index in [0.29, 0.717) is 5.56 Å². The molecule has 3 rings (SSSR count). The van der Waals surface area contributed by atoms with Gasteiger partial charge >= 0.3 is 0 Å². The molecule has 0 aliphatic carbocycles. The van der Waals surface area contributed by atoms with E-state index >= 15 is 0 Å². The molecule has 0 aliphatic heterocycles. The van der Waals surface area contributed by atoms with Crippen molar-refractivity contribution in [3.63, 3.8) is 0 Å². The second-order valence-electron chi connectivity index (χ2n) is 4.84. The molecule has 4 heteroatoms. The summed E-state index contributed by atoms with van der Waals surface area (Å²) in [5, 5.41) is 4.96. The van der Waals surface area contributed by atoms with Crippen molar-refractivity contribution in [3.8, 4) is 0 Å². The van der Waals surface area contributed by atoms with Crippen LogP contribution in [0, 0.1) is 5.82 Å². The van der Waals surface area contributed by atoms with E-state index in [9.17, 15) is 9.18 Å². The molecule has 22 heavy (non-hydrogen) atoms. The fourth-order valence-electron chi connectivity index (χ4n) is 2.26. The number of hydrogen-bond donors (Lipinski definition) is 1. The van der Waals surface area contributed by atoms with Gasteiger partial charge in [0.1, 0.15) is 5.82 Å². The molecule has 0 aliphatic rings. The van der Waals surface area contributed by atoms with Crippen LogP contribution in [0.25, 0.3) is 0 Å². The standard InChI is InChI=1S/C18H14FNOS/c19-15-9-4-8-14(12-15)18(21)20-17(16-10-5-11-22-16)13-6-2-1-3-7-13/h1-12,17H,(H,20,21)/t17-/m1/s1. The van der Waals surface area contributed by atoms with Gasteiger partial charge in [-0.25, -0.2) is 4.39 Å². The molecule has 0 spiro atoms. The van der Waals surface area contributed by atoms with Gasteiger partial charge in [-0.1, -0.05) is 42.5 Å². The highest BCUT2D eigenvalue weighted by Gasteiger charge is 2.18. The predicted molar refractivity (Wildman–Crippen MR) is 86.5 cm³/mol. The summed E-state index contributed by atoms with van der Waals surface area (Å²) in [5.41, 5.74) is 1.31. The molecule has 0 unspecified atom stereocenters. The zero-order valence-electron chi connectivity index (χ0n) is 11.7. The van der Waals surface area contributed by atoms with Crippen LogP contribution >= 0.6 is 11.3 Å². The Morgan fingerprint density at radius 3 is 2.50 bits per heavy atom. The summed E-state index contributed by atoms with van der Waals surface area (Å²) in [4.78, 5) is 13.4. The molecule has 1 heterocycles. The van der Waals surface area contributed by atoms with Crippen molar-refractivity contribution in [2.24, 2.45) is 0 Å². The van der Waals surface area contributed by atoms with Gasteiger partial charge in [0.25, 0.3) is 5.91 Å². The van der Waals surface area contributed by atoms with Crippen molar-refractivity contribution < 1.29 is 9.18 Å². The minimum absolute atomic E-state index is 0.239. The molecule has 2 nitrogen and oxygen atoms in total. The predicted octanol–water partition coefficient (Wildman–Crippen LogP) is 4.41. The van der Waals surface area contributed by atoms with E-state index in [-0.39, 0.29) is 11.9 Å². The lowest BCUT2D eigenvalue weighted by molar-refractivity contribution is 0.0943. The summed E-state index contributed by atoms with van der Waals surface area (Å²) < 4.78 is 13.3. The number of carbonyl (C=O) groups excluding carboxylic acids is 1. The molecule has 0 bridgehead atoms. The lowest BCUT2D eigenvalue weighted by atomic mass is 10.0. The van der Waals surface area contributed by atoms with E-state index in [2.05, 4.69) is 5.32 Å². The summed E-state index contributed by atoms with van der Waals surface area (Å²) in [5.74, 6) is -0.707. The lowest BCUT2D eigenvalue weighted by Crippen LogP contribution is -2.28. The first-order valence-corrected chi connectivity index (χ1v) is 7.77. The minimum atomic E-state index is -0.417. The van der Waals surface area contributed by atoms with Crippen molar-refractivity contribution in [3.05, 3.63) is 93.9 Å². The van der Waals surface area contributed by atoms with E-state index in [4.69, 9.17) is 0 Å². The maximum atomic E-state index is 13.3. The normalized spacial score (nSPS) is 11.9. The van der Waals surface area contributed by atoms with Gasteiger partial charge in [0.2, 0.25) is 0 Å². The van der Waals surface area contributed by atoms with E-state index in [1.165, 1.54) is 18.2 Å². The number of benzene rings is 2. The van der Waals surface area contributed by atoms with Crippen molar-refractivity contribution >= 4 is 17.2 Å². The van der Waals surface area contributed by atoms with E-state index < -0.39 is 5.82 Å². The summed E-state index contributed by atoms with van der Waals surface area (Å²) in [6.45, 7) is 0. The van der Waals surface area contributed by atoms with Gasteiger partial charge in [-0.05, 0) is 35.2 Å². The van der Waals surface area contributed by atoms with E-state index in [1.807, 2.05) is 47.8 Å². The second kappa shape index (κ2) is 6.54. The summed E-state index contributed by atoms with van der Waals surface area (Å²) in [7, 11) is 0. The van der Waals surface area contributed by atoms with Crippen molar-refractivity contribution in [2.75, 3.05) is 0 Å². The van der Waals surface area contributed by atoms with Gasteiger partial charge in [-0.2, -0.15) is 0 Å². The van der Waals surface area contributed by atoms with Crippen LogP contribution in [-0.4, -0.2) is 5.91 Å². The molecule has 0 saturated heterocycles. The second-order valence-corrected chi connectivity index (χ2v) is 5.82. The number of hydrogen-bond acceptors (Lipinski definition) is 2. The first-order chi connectivity index (χ1) is 10.7. The third kappa shape index (κ3) is 3.23. The van der Waals surface area contributed by atoms with Crippen LogP contribution in [0.2, 0.25) is 0 Å². The topological polar surface area (TPSA) is 29.1 Å². The summed E-state index contributed by atoms with van der Waals surface area (Å²) in [6.07, 6.45) is 0. The molecule has 0 fully saturated rings. The quantitative estimate of drug-likeness (QED) is 0.760. The maximum absolute atomic E-state index is 13.3. The Kier molecular flexibility index (Phi) is 4.30. The van der Waals surface area contributed by atoms with Crippen LogP contribution in [0.15, 0.2) is 72.1 Å². The van der Waals surface area contributed by atoms with Crippen molar-refractivity contribution in [1.29, 1.82) is 0 Å². The Morgan fingerprint density at radius 2 is 1.82 bits per heavy atom. The monoisotopic (exact) mass is 311 g/mol. The molecule has 1 N–H and O–H groups in total. The summed E-state index contributed by atoms with van der Waals surface area (Å²) >= 11 is 1.58. The smallest absolute Gasteiger partial charge is 0.252 e. The largest absolute Gasteiger partial charge is 0.340 e.